The summed E-state index contributed by atoms with van der Waals surface area (Å²) >= 11 is 1.48. The normalized spacial score (nSPS) is 10.7. The number of nitrogens with zero attached hydrogens (tertiary/aromatic N) is 3. The van der Waals surface area contributed by atoms with Gasteiger partial charge in [-0.2, -0.15) is 0 Å². The van der Waals surface area contributed by atoms with Crippen LogP contribution in [0, 0.1) is 10.1 Å². The first-order valence-electron chi connectivity index (χ1n) is 6.30. The number of benzene rings is 2. The molecule has 5 nitrogen and oxygen atoms in total. The Labute approximate surface area is 125 Å². The van der Waals surface area contributed by atoms with Crippen LogP contribution in [0.5, 0.6) is 0 Å². The highest BCUT2D eigenvalue weighted by molar-refractivity contribution is 7.98. The summed E-state index contributed by atoms with van der Waals surface area (Å²) in [4.78, 5) is 19.2. The maximum atomic E-state index is 11.0. The van der Waals surface area contributed by atoms with Crippen molar-refractivity contribution in [3.63, 3.8) is 0 Å². The SMILES string of the molecule is O=[N+]([O-])c1ccccc1CSc1ncnc2ccccc12. The van der Waals surface area contributed by atoms with Crippen LogP contribution < -0.4 is 0 Å². The lowest BCUT2D eigenvalue weighted by Crippen LogP contribution is -1.94. The van der Waals surface area contributed by atoms with E-state index in [9.17, 15) is 10.1 Å². The van der Waals surface area contributed by atoms with Gasteiger partial charge in [0.2, 0.25) is 0 Å². The highest BCUT2D eigenvalue weighted by Gasteiger charge is 2.13. The second-order valence-electron chi connectivity index (χ2n) is 4.37. The molecule has 0 N–H and O–H groups in total. The number of fused-ring (bicyclic) bond motifs is 1. The third-order valence-electron chi connectivity index (χ3n) is 3.06. The Morgan fingerprint density at radius 2 is 1.81 bits per heavy atom. The number of hydrogen-bond acceptors (Lipinski definition) is 5. The van der Waals surface area contributed by atoms with E-state index >= 15 is 0 Å². The number of hydrogen-bond donors (Lipinski definition) is 0. The van der Waals surface area contributed by atoms with E-state index in [4.69, 9.17) is 0 Å². The summed E-state index contributed by atoms with van der Waals surface area (Å²) in [6, 6.07) is 14.5. The van der Waals surface area contributed by atoms with Crippen LogP contribution in [0.3, 0.4) is 0 Å². The predicted octanol–water partition coefficient (Wildman–Crippen LogP) is 3.83. The zero-order valence-corrected chi connectivity index (χ0v) is 11.8. The number of nitro groups is 1. The molecule has 0 atom stereocenters. The molecule has 3 aromatic rings. The van der Waals surface area contributed by atoms with Crippen LogP contribution in [0.2, 0.25) is 0 Å². The molecule has 0 aliphatic rings. The standard InChI is InChI=1S/C15H11N3O2S/c19-18(20)14-8-4-1-5-11(14)9-21-15-12-6-2-3-7-13(12)16-10-17-15/h1-8,10H,9H2. The summed E-state index contributed by atoms with van der Waals surface area (Å²) < 4.78 is 0. The molecule has 1 aromatic heterocycles. The molecule has 104 valence electrons. The summed E-state index contributed by atoms with van der Waals surface area (Å²) in [5.74, 6) is 0.498. The van der Waals surface area contributed by atoms with Crippen molar-refractivity contribution in [2.24, 2.45) is 0 Å². The van der Waals surface area contributed by atoms with Crippen LogP contribution in [-0.4, -0.2) is 14.9 Å². The number of para-hydroxylation sites is 2. The molecule has 0 aliphatic heterocycles. The van der Waals surface area contributed by atoms with Gasteiger partial charge in [0.15, 0.2) is 0 Å². The Balaban J connectivity index is 1.89. The zero-order chi connectivity index (χ0) is 14.7. The van der Waals surface area contributed by atoms with Gasteiger partial charge in [-0.25, -0.2) is 9.97 Å². The fourth-order valence-corrected chi connectivity index (χ4v) is 3.04. The second-order valence-corrected chi connectivity index (χ2v) is 5.33. The molecule has 0 fully saturated rings. The topological polar surface area (TPSA) is 68.9 Å². The van der Waals surface area contributed by atoms with Crippen molar-refractivity contribution in [2.75, 3.05) is 0 Å². The van der Waals surface area contributed by atoms with Gasteiger partial charge >= 0.3 is 0 Å². The minimum Gasteiger partial charge on any atom is -0.258 e. The van der Waals surface area contributed by atoms with Gasteiger partial charge in [0.25, 0.3) is 5.69 Å². The molecule has 21 heavy (non-hydrogen) atoms. The first kappa shape index (κ1) is 13.5. The Morgan fingerprint density at radius 3 is 2.67 bits per heavy atom. The lowest BCUT2D eigenvalue weighted by molar-refractivity contribution is -0.385. The molecule has 0 unspecified atom stereocenters. The van der Waals surface area contributed by atoms with Gasteiger partial charge < -0.3 is 0 Å². The number of thioether (sulfide) groups is 1. The van der Waals surface area contributed by atoms with E-state index in [2.05, 4.69) is 9.97 Å². The lowest BCUT2D eigenvalue weighted by Gasteiger charge is -2.05. The minimum atomic E-state index is -0.353. The fraction of sp³-hybridized carbons (Fsp3) is 0.0667. The quantitative estimate of drug-likeness (QED) is 0.317. The molecule has 0 aliphatic carbocycles. The van der Waals surface area contributed by atoms with Gasteiger partial charge in [-0.3, -0.25) is 10.1 Å². The van der Waals surface area contributed by atoms with E-state index < -0.39 is 0 Å². The van der Waals surface area contributed by atoms with Crippen molar-refractivity contribution < 1.29 is 4.92 Å². The largest absolute Gasteiger partial charge is 0.273 e. The van der Waals surface area contributed by atoms with Gasteiger partial charge in [-0.05, 0) is 6.07 Å². The first-order chi connectivity index (χ1) is 10.3. The summed E-state index contributed by atoms with van der Waals surface area (Å²) in [5, 5.41) is 12.8. The molecule has 0 amide bonds. The van der Waals surface area contributed by atoms with Crippen LogP contribution in [0.25, 0.3) is 10.9 Å². The molecule has 3 rings (SSSR count). The molecule has 0 spiro atoms. The van der Waals surface area contributed by atoms with Crippen LogP contribution >= 0.6 is 11.8 Å². The Kier molecular flexibility index (Phi) is 3.79. The van der Waals surface area contributed by atoms with E-state index in [1.807, 2.05) is 24.3 Å². The molecule has 1 heterocycles. The average molecular weight is 297 g/mol. The Bertz CT molecular complexity index is 802. The number of aromatic nitrogens is 2. The molecule has 2 aromatic carbocycles. The number of nitro benzene ring substituents is 1. The summed E-state index contributed by atoms with van der Waals surface area (Å²) in [5.41, 5.74) is 1.70. The van der Waals surface area contributed by atoms with Crippen molar-refractivity contribution in [1.82, 2.24) is 9.97 Å². The van der Waals surface area contributed by atoms with Gasteiger partial charge in [-0.1, -0.05) is 36.4 Å². The molecule has 0 saturated carbocycles. The van der Waals surface area contributed by atoms with Crippen LogP contribution in [0.4, 0.5) is 5.69 Å². The Morgan fingerprint density at radius 1 is 1.05 bits per heavy atom. The minimum absolute atomic E-state index is 0.142. The monoisotopic (exact) mass is 297 g/mol. The zero-order valence-electron chi connectivity index (χ0n) is 11.0. The van der Waals surface area contributed by atoms with Crippen molar-refractivity contribution in [2.45, 2.75) is 10.8 Å². The van der Waals surface area contributed by atoms with Gasteiger partial charge in [-0.15, -0.1) is 11.8 Å². The van der Waals surface area contributed by atoms with Crippen molar-refractivity contribution >= 4 is 28.4 Å². The van der Waals surface area contributed by atoms with Crippen LogP contribution in [-0.2, 0) is 5.75 Å². The molecule has 0 saturated heterocycles. The number of rotatable bonds is 4. The van der Waals surface area contributed by atoms with Gasteiger partial charge in [0.05, 0.1) is 10.4 Å². The maximum Gasteiger partial charge on any atom is 0.273 e. The van der Waals surface area contributed by atoms with E-state index in [1.165, 1.54) is 24.2 Å². The smallest absolute Gasteiger partial charge is 0.258 e. The molecule has 0 radical (unpaired) electrons. The third kappa shape index (κ3) is 2.85. The van der Waals surface area contributed by atoms with Gasteiger partial charge in [0.1, 0.15) is 11.4 Å². The van der Waals surface area contributed by atoms with Crippen molar-refractivity contribution in [3.8, 4) is 0 Å². The van der Waals surface area contributed by atoms with Crippen molar-refractivity contribution in [3.05, 3.63) is 70.5 Å². The van der Waals surface area contributed by atoms with Crippen LogP contribution in [0.1, 0.15) is 5.56 Å². The van der Waals surface area contributed by atoms with Crippen LogP contribution in [0.15, 0.2) is 59.9 Å². The second kappa shape index (κ2) is 5.88. The highest BCUT2D eigenvalue weighted by atomic mass is 32.2. The summed E-state index contributed by atoms with van der Waals surface area (Å²) in [7, 11) is 0. The van der Waals surface area contributed by atoms with E-state index in [1.54, 1.807) is 18.2 Å². The Hall–Kier alpha value is -2.47. The van der Waals surface area contributed by atoms with Gasteiger partial charge in [0, 0.05) is 22.8 Å². The molecule has 6 heteroatoms. The third-order valence-corrected chi connectivity index (χ3v) is 4.11. The van der Waals surface area contributed by atoms with E-state index in [0.717, 1.165) is 15.9 Å². The summed E-state index contributed by atoms with van der Waals surface area (Å²) in [6.45, 7) is 0. The molecule has 0 bridgehead atoms. The lowest BCUT2D eigenvalue weighted by atomic mass is 10.2. The highest BCUT2D eigenvalue weighted by Crippen LogP contribution is 2.30. The average Bonchev–Trinajstić information content (AvgIpc) is 2.53. The first-order valence-corrected chi connectivity index (χ1v) is 7.29. The van der Waals surface area contributed by atoms with E-state index in [0.29, 0.717) is 11.3 Å². The fourth-order valence-electron chi connectivity index (χ4n) is 2.05. The van der Waals surface area contributed by atoms with E-state index in [-0.39, 0.29) is 10.6 Å². The van der Waals surface area contributed by atoms with Crippen molar-refractivity contribution in [1.29, 1.82) is 0 Å². The maximum absolute atomic E-state index is 11.0. The summed E-state index contributed by atoms with van der Waals surface area (Å²) in [6.07, 6.45) is 1.52. The molecular formula is C15H11N3O2S. The molecular weight excluding hydrogens is 286 g/mol. The predicted molar refractivity (Wildman–Crippen MR) is 82.2 cm³/mol.